The summed E-state index contributed by atoms with van der Waals surface area (Å²) < 4.78 is 3.83. The fourth-order valence-corrected chi connectivity index (χ4v) is 5.13. The number of nitriles is 1. The third kappa shape index (κ3) is 4.12. The largest absolute Gasteiger partial charge is 0.395 e. The monoisotopic (exact) mass is 445 g/mol. The fourth-order valence-electron chi connectivity index (χ4n) is 4.16. The molecule has 4 aromatic heterocycles. The van der Waals surface area contributed by atoms with Gasteiger partial charge in [0, 0.05) is 54.2 Å². The van der Waals surface area contributed by atoms with Gasteiger partial charge in [0.25, 0.3) is 0 Å². The van der Waals surface area contributed by atoms with Crippen LogP contribution < -0.4 is 0 Å². The van der Waals surface area contributed by atoms with Crippen molar-refractivity contribution in [3.05, 3.63) is 60.8 Å². The molecule has 1 aliphatic heterocycles. The van der Waals surface area contributed by atoms with E-state index in [0.29, 0.717) is 11.6 Å². The molecule has 0 radical (unpaired) electrons. The minimum atomic E-state index is 0.207. The molecule has 1 saturated heterocycles. The van der Waals surface area contributed by atoms with Crippen LogP contribution in [0.4, 0.5) is 0 Å². The minimum Gasteiger partial charge on any atom is -0.395 e. The quantitative estimate of drug-likeness (QED) is 0.487. The lowest BCUT2D eigenvalue weighted by molar-refractivity contribution is 0.146. The second-order valence-electron chi connectivity index (χ2n) is 7.83. The van der Waals surface area contributed by atoms with E-state index in [1.807, 2.05) is 30.6 Å². The van der Waals surface area contributed by atoms with E-state index in [4.69, 9.17) is 5.11 Å². The summed E-state index contributed by atoms with van der Waals surface area (Å²) in [5.41, 5.74) is 3.34. The first kappa shape index (κ1) is 20.7. The summed E-state index contributed by atoms with van der Waals surface area (Å²) in [5, 5.41) is 28.6. The maximum Gasteiger partial charge on any atom is 0.103 e. The predicted molar refractivity (Wildman–Crippen MR) is 121 cm³/mol. The van der Waals surface area contributed by atoms with Crippen LogP contribution in [0.3, 0.4) is 0 Å². The van der Waals surface area contributed by atoms with Gasteiger partial charge >= 0.3 is 0 Å². The molecule has 4 aromatic rings. The Kier molecular flexibility index (Phi) is 5.90. The summed E-state index contributed by atoms with van der Waals surface area (Å²) in [6, 6.07) is 10.5. The van der Waals surface area contributed by atoms with Crippen LogP contribution in [0, 0.1) is 11.3 Å². The zero-order chi connectivity index (χ0) is 21.9. The van der Waals surface area contributed by atoms with Crippen molar-refractivity contribution in [1.29, 1.82) is 5.26 Å². The molecule has 1 aliphatic rings. The highest BCUT2D eigenvalue weighted by molar-refractivity contribution is 7.99. The number of hydrogen-bond acceptors (Lipinski definition) is 7. The fraction of sp³-hybridized carbons (Fsp3) is 0.304. The predicted octanol–water partition coefficient (Wildman–Crippen LogP) is 3.24. The van der Waals surface area contributed by atoms with Crippen LogP contribution in [0.5, 0.6) is 0 Å². The summed E-state index contributed by atoms with van der Waals surface area (Å²) in [7, 11) is 0. The Morgan fingerprint density at radius 1 is 1.12 bits per heavy atom. The molecule has 5 rings (SSSR count). The van der Waals surface area contributed by atoms with Gasteiger partial charge in [-0.15, -0.1) is 0 Å². The van der Waals surface area contributed by atoms with Crippen molar-refractivity contribution in [3.8, 4) is 17.2 Å². The van der Waals surface area contributed by atoms with Crippen molar-refractivity contribution in [1.82, 2.24) is 29.3 Å². The number of hydrogen-bond donors (Lipinski definition) is 1. The molecule has 32 heavy (non-hydrogen) atoms. The third-order valence-electron chi connectivity index (χ3n) is 5.83. The lowest BCUT2D eigenvalue weighted by atomic mass is 10.1. The number of fused-ring (bicyclic) bond motifs is 1. The van der Waals surface area contributed by atoms with Crippen molar-refractivity contribution in [2.24, 2.45) is 0 Å². The van der Waals surface area contributed by atoms with Gasteiger partial charge in [0.05, 0.1) is 36.1 Å². The smallest absolute Gasteiger partial charge is 0.103 e. The molecule has 0 atom stereocenters. The van der Waals surface area contributed by atoms with Crippen molar-refractivity contribution >= 4 is 17.3 Å². The van der Waals surface area contributed by atoms with Crippen LogP contribution in [0.25, 0.3) is 16.6 Å². The zero-order valence-corrected chi connectivity index (χ0v) is 18.3. The van der Waals surface area contributed by atoms with Gasteiger partial charge in [-0.2, -0.15) is 15.5 Å². The lowest BCUT2D eigenvalue weighted by Crippen LogP contribution is -2.36. The normalized spacial score (nSPS) is 15.2. The van der Waals surface area contributed by atoms with E-state index in [-0.39, 0.29) is 6.61 Å². The molecular formula is C23H23N7OS. The molecule has 162 valence electrons. The number of likely N-dealkylation sites (tertiary alicyclic amines) is 1. The Labute approximate surface area is 190 Å². The number of aliphatic hydroxyl groups is 1. The first-order chi connectivity index (χ1) is 15.7. The van der Waals surface area contributed by atoms with E-state index in [9.17, 15) is 5.26 Å². The van der Waals surface area contributed by atoms with Gasteiger partial charge in [0.2, 0.25) is 0 Å². The summed E-state index contributed by atoms with van der Waals surface area (Å²) >= 11 is 1.52. The van der Waals surface area contributed by atoms with Crippen molar-refractivity contribution < 1.29 is 5.11 Å². The average molecular weight is 446 g/mol. The molecule has 0 aromatic carbocycles. The molecule has 0 amide bonds. The summed E-state index contributed by atoms with van der Waals surface area (Å²) in [4.78, 5) is 7.64. The summed E-state index contributed by atoms with van der Waals surface area (Å²) in [5.74, 6) is 0. The van der Waals surface area contributed by atoms with Gasteiger partial charge in [-0.3, -0.25) is 4.68 Å². The minimum absolute atomic E-state index is 0.207. The standard InChI is InChI=1S/C23H23N7OS/c24-12-18-13-27-30-15-17(11-21(23(18)30)32-22-3-1-2-6-25-22)19-14-26-29(16-19)20-4-7-28(8-5-20)9-10-31/h1-3,6,11,13-16,20,31H,4-5,7-10H2. The van der Waals surface area contributed by atoms with Crippen LogP contribution in [-0.4, -0.2) is 60.6 Å². The van der Waals surface area contributed by atoms with Gasteiger partial charge in [-0.25, -0.2) is 9.50 Å². The van der Waals surface area contributed by atoms with Gasteiger partial charge < -0.3 is 10.0 Å². The lowest BCUT2D eigenvalue weighted by Gasteiger charge is -2.31. The van der Waals surface area contributed by atoms with Crippen LogP contribution in [0.15, 0.2) is 65.2 Å². The van der Waals surface area contributed by atoms with Crippen LogP contribution in [0.1, 0.15) is 24.4 Å². The molecule has 5 heterocycles. The second-order valence-corrected chi connectivity index (χ2v) is 8.89. The Morgan fingerprint density at radius 2 is 2.00 bits per heavy atom. The highest BCUT2D eigenvalue weighted by Gasteiger charge is 2.21. The van der Waals surface area contributed by atoms with Gasteiger partial charge in [0.1, 0.15) is 11.1 Å². The first-order valence-corrected chi connectivity index (χ1v) is 11.4. The number of aromatic nitrogens is 5. The molecular weight excluding hydrogens is 422 g/mol. The number of rotatable bonds is 6. The van der Waals surface area contributed by atoms with Crippen molar-refractivity contribution in [3.63, 3.8) is 0 Å². The molecule has 0 saturated carbocycles. The zero-order valence-electron chi connectivity index (χ0n) is 17.5. The third-order valence-corrected chi connectivity index (χ3v) is 6.81. The average Bonchev–Trinajstić information content (AvgIpc) is 3.48. The second kappa shape index (κ2) is 9.12. The van der Waals surface area contributed by atoms with E-state index in [2.05, 4.69) is 43.1 Å². The van der Waals surface area contributed by atoms with Crippen molar-refractivity contribution in [2.75, 3.05) is 26.2 Å². The molecule has 9 heteroatoms. The summed E-state index contributed by atoms with van der Waals surface area (Å²) in [6.45, 7) is 2.89. The molecule has 0 spiro atoms. The maximum absolute atomic E-state index is 9.54. The van der Waals surface area contributed by atoms with E-state index in [1.54, 1.807) is 16.9 Å². The molecule has 1 fully saturated rings. The Bertz CT molecular complexity index is 1250. The van der Waals surface area contributed by atoms with Crippen LogP contribution >= 0.6 is 11.8 Å². The highest BCUT2D eigenvalue weighted by Crippen LogP contribution is 2.35. The van der Waals surface area contributed by atoms with Gasteiger partial charge in [-0.1, -0.05) is 17.8 Å². The highest BCUT2D eigenvalue weighted by atomic mass is 32.2. The van der Waals surface area contributed by atoms with Crippen molar-refractivity contribution in [2.45, 2.75) is 28.8 Å². The Balaban J connectivity index is 1.46. The molecule has 1 N–H and O–H groups in total. The van der Waals surface area contributed by atoms with Gasteiger partial charge in [-0.05, 0) is 31.0 Å². The number of aliphatic hydroxyl groups excluding tert-OH is 1. The van der Waals surface area contributed by atoms with E-state index >= 15 is 0 Å². The molecule has 8 nitrogen and oxygen atoms in total. The maximum atomic E-state index is 9.54. The van der Waals surface area contributed by atoms with Crippen LogP contribution in [0.2, 0.25) is 0 Å². The summed E-state index contributed by atoms with van der Waals surface area (Å²) in [6.07, 6.45) is 11.3. The number of nitrogens with zero attached hydrogens (tertiary/aromatic N) is 7. The number of β-amino-alcohol motifs (C(OH)–C–C–N with tert-alkyl or cyclic N) is 1. The topological polar surface area (TPSA) is 95.3 Å². The van der Waals surface area contributed by atoms with Crippen LogP contribution in [-0.2, 0) is 0 Å². The van der Waals surface area contributed by atoms with E-state index in [1.165, 1.54) is 11.8 Å². The van der Waals surface area contributed by atoms with Gasteiger partial charge in [0.15, 0.2) is 0 Å². The molecule has 0 aliphatic carbocycles. The molecule has 0 bridgehead atoms. The van der Waals surface area contributed by atoms with E-state index < -0.39 is 0 Å². The first-order valence-electron chi connectivity index (χ1n) is 10.6. The number of piperidine rings is 1. The Morgan fingerprint density at radius 3 is 2.75 bits per heavy atom. The van der Waals surface area contributed by atoms with E-state index in [0.717, 1.165) is 59.0 Å². The Hall–Kier alpha value is -3.19. The SMILES string of the molecule is N#Cc1cnn2cc(-c3cnn(C4CCN(CCO)CC4)c3)cc(Sc3ccccn3)c12. The number of pyridine rings is 2. The molecule has 0 unspecified atom stereocenters.